The second kappa shape index (κ2) is 52.8. The Morgan fingerprint density at radius 2 is 0.831 bits per heavy atom. The quantitative estimate of drug-likeness (QED) is 0.0321. The molecule has 0 aliphatic heterocycles. The molecule has 0 saturated heterocycles. The highest BCUT2D eigenvalue weighted by atomic mass is 16.5. The Bertz CT molecular complexity index is 1110. The molecule has 0 rings (SSSR count). The number of rotatable bonds is 51. The number of carbonyl (C=O) groups is 2. The van der Waals surface area contributed by atoms with Crippen molar-refractivity contribution in [2.45, 2.75) is 309 Å². The summed E-state index contributed by atoms with van der Waals surface area (Å²) in [6.07, 6.45) is 64.6. The standard InChI is InChI=1S/C59H109NO5/c1-4-7-10-13-16-19-22-25-28-31-33-36-39-42-45-48-51-57(62)56(54-61)60-58(63)53-55(50-47-44-41-38-35-32-29-26-23-20-17-14-11-8-5-2)65-59(64)52-49-46-43-40-37-34-30-27-24-21-18-15-12-9-6-3/h9,12,15,18,21,24,27,30,55-57,61-62H,4-8,10-11,13-14,16-17,19-20,22-23,25-26,28-29,31-54H2,1-3H3,(H,60,63)/b12-9+,18-15+,24-21+,30-27-. The van der Waals surface area contributed by atoms with Gasteiger partial charge < -0.3 is 20.3 Å². The van der Waals surface area contributed by atoms with Gasteiger partial charge in [0.25, 0.3) is 0 Å². The van der Waals surface area contributed by atoms with Crippen LogP contribution in [-0.4, -0.2) is 46.9 Å². The third-order valence-electron chi connectivity index (χ3n) is 13.0. The largest absolute Gasteiger partial charge is 0.462 e. The number of esters is 1. The fourth-order valence-corrected chi connectivity index (χ4v) is 8.74. The Morgan fingerprint density at radius 1 is 0.462 bits per heavy atom. The van der Waals surface area contributed by atoms with Gasteiger partial charge in [-0.05, 0) is 44.9 Å². The van der Waals surface area contributed by atoms with Crippen molar-refractivity contribution in [2.24, 2.45) is 0 Å². The lowest BCUT2D eigenvalue weighted by Gasteiger charge is -2.24. The molecule has 0 radical (unpaired) electrons. The minimum absolute atomic E-state index is 0.0709. The monoisotopic (exact) mass is 912 g/mol. The van der Waals surface area contributed by atoms with E-state index in [1.165, 1.54) is 173 Å². The van der Waals surface area contributed by atoms with Crippen molar-refractivity contribution in [3.63, 3.8) is 0 Å². The average molecular weight is 913 g/mol. The summed E-state index contributed by atoms with van der Waals surface area (Å²) >= 11 is 0. The fraction of sp³-hybridized carbons (Fsp3) is 0.831. The van der Waals surface area contributed by atoms with Crippen LogP contribution in [0.1, 0.15) is 290 Å². The molecular weight excluding hydrogens is 803 g/mol. The predicted octanol–water partition coefficient (Wildman–Crippen LogP) is 17.4. The van der Waals surface area contributed by atoms with E-state index in [1.54, 1.807) is 0 Å². The maximum absolute atomic E-state index is 13.3. The topological polar surface area (TPSA) is 95.9 Å². The molecule has 65 heavy (non-hydrogen) atoms. The van der Waals surface area contributed by atoms with Crippen LogP contribution in [0.4, 0.5) is 0 Å². The Morgan fingerprint density at radius 3 is 1.26 bits per heavy atom. The highest BCUT2D eigenvalue weighted by molar-refractivity contribution is 5.77. The van der Waals surface area contributed by atoms with E-state index in [2.05, 4.69) is 56.5 Å². The number of allylic oxidation sites excluding steroid dienone is 8. The van der Waals surface area contributed by atoms with Gasteiger partial charge >= 0.3 is 5.97 Å². The van der Waals surface area contributed by atoms with Crippen LogP contribution in [0.2, 0.25) is 0 Å². The highest BCUT2D eigenvalue weighted by Gasteiger charge is 2.24. The normalized spacial score (nSPS) is 13.5. The molecule has 3 unspecified atom stereocenters. The van der Waals surface area contributed by atoms with E-state index in [0.29, 0.717) is 19.3 Å². The molecule has 0 aromatic heterocycles. The van der Waals surface area contributed by atoms with Crippen LogP contribution < -0.4 is 5.32 Å². The van der Waals surface area contributed by atoms with Crippen LogP contribution in [-0.2, 0) is 14.3 Å². The van der Waals surface area contributed by atoms with Crippen LogP contribution in [0.15, 0.2) is 48.6 Å². The first-order valence-electron chi connectivity index (χ1n) is 28.4. The third kappa shape index (κ3) is 48.1. The molecule has 6 nitrogen and oxygen atoms in total. The lowest BCUT2D eigenvalue weighted by Crippen LogP contribution is -2.46. The molecule has 0 saturated carbocycles. The van der Waals surface area contributed by atoms with E-state index in [9.17, 15) is 19.8 Å². The molecular formula is C59H109NO5. The molecule has 380 valence electrons. The molecule has 6 heteroatoms. The van der Waals surface area contributed by atoms with Crippen LogP contribution in [0.3, 0.4) is 0 Å². The summed E-state index contributed by atoms with van der Waals surface area (Å²) < 4.78 is 5.95. The minimum Gasteiger partial charge on any atom is -0.462 e. The lowest BCUT2D eigenvalue weighted by molar-refractivity contribution is -0.151. The molecule has 0 aliphatic rings. The lowest BCUT2D eigenvalue weighted by atomic mass is 10.0. The van der Waals surface area contributed by atoms with Gasteiger partial charge in [0.15, 0.2) is 0 Å². The molecule has 0 aromatic rings. The second-order valence-electron chi connectivity index (χ2n) is 19.4. The number of unbranched alkanes of at least 4 members (excludes halogenated alkanes) is 34. The average Bonchev–Trinajstić information content (AvgIpc) is 3.30. The first kappa shape index (κ1) is 62.8. The molecule has 0 aromatic carbocycles. The number of amides is 1. The summed E-state index contributed by atoms with van der Waals surface area (Å²) in [5.74, 6) is -0.487. The molecule has 0 spiro atoms. The minimum atomic E-state index is -0.791. The smallest absolute Gasteiger partial charge is 0.306 e. The Labute approximate surface area is 404 Å². The number of aliphatic hydroxyl groups is 2. The number of hydrogen-bond donors (Lipinski definition) is 3. The molecule has 0 fully saturated rings. The number of carbonyl (C=O) groups excluding carboxylic acids is 2. The van der Waals surface area contributed by atoms with Crippen molar-refractivity contribution in [1.29, 1.82) is 0 Å². The molecule has 3 N–H and O–H groups in total. The first-order valence-corrected chi connectivity index (χ1v) is 28.4. The van der Waals surface area contributed by atoms with Crippen LogP contribution in [0.25, 0.3) is 0 Å². The van der Waals surface area contributed by atoms with Crippen molar-refractivity contribution in [2.75, 3.05) is 6.61 Å². The van der Waals surface area contributed by atoms with Crippen molar-refractivity contribution in [3.8, 4) is 0 Å². The predicted molar refractivity (Wildman–Crippen MR) is 282 cm³/mol. The van der Waals surface area contributed by atoms with E-state index >= 15 is 0 Å². The molecule has 0 heterocycles. The first-order chi connectivity index (χ1) is 32.0. The SMILES string of the molecule is CC/C=C/C=C/C=C/C=C\CCCCCCCC(=O)OC(CCCCCCCCCCCCCCCCC)CC(=O)NC(CO)C(O)CCCCCCCCCCCCCCCCCC. The second-order valence-corrected chi connectivity index (χ2v) is 19.4. The van der Waals surface area contributed by atoms with E-state index in [4.69, 9.17) is 4.74 Å². The summed E-state index contributed by atoms with van der Waals surface area (Å²) in [4.78, 5) is 26.2. The summed E-state index contributed by atoms with van der Waals surface area (Å²) in [6.45, 7) is 6.38. The summed E-state index contributed by atoms with van der Waals surface area (Å²) in [5.41, 5.74) is 0. The fourth-order valence-electron chi connectivity index (χ4n) is 8.74. The molecule has 0 bridgehead atoms. The Balaban J connectivity index is 4.56. The summed E-state index contributed by atoms with van der Waals surface area (Å²) in [6, 6.07) is -0.705. The van der Waals surface area contributed by atoms with Gasteiger partial charge in [0.05, 0.1) is 25.2 Å². The number of nitrogens with one attached hydrogen (secondary N) is 1. The van der Waals surface area contributed by atoms with Crippen molar-refractivity contribution < 1.29 is 24.5 Å². The molecule has 0 aliphatic carbocycles. The summed E-state index contributed by atoms with van der Waals surface area (Å²) in [5, 5.41) is 23.9. The molecule has 3 atom stereocenters. The molecule has 1 amide bonds. The zero-order valence-electron chi connectivity index (χ0n) is 43.4. The van der Waals surface area contributed by atoms with Gasteiger partial charge in [-0.25, -0.2) is 0 Å². The zero-order chi connectivity index (χ0) is 47.4. The van der Waals surface area contributed by atoms with Gasteiger partial charge in [-0.1, -0.05) is 281 Å². The van der Waals surface area contributed by atoms with Gasteiger partial charge in [-0.15, -0.1) is 0 Å². The maximum Gasteiger partial charge on any atom is 0.306 e. The number of aliphatic hydroxyl groups excluding tert-OH is 2. The van der Waals surface area contributed by atoms with Crippen LogP contribution in [0, 0.1) is 0 Å². The Hall–Kier alpha value is -2.18. The van der Waals surface area contributed by atoms with Crippen LogP contribution in [0.5, 0.6) is 0 Å². The Kier molecular flexibility index (Phi) is 51.0. The van der Waals surface area contributed by atoms with Gasteiger partial charge in [0.1, 0.15) is 6.10 Å². The van der Waals surface area contributed by atoms with Gasteiger partial charge in [0, 0.05) is 6.42 Å². The van der Waals surface area contributed by atoms with Gasteiger partial charge in [-0.3, -0.25) is 9.59 Å². The van der Waals surface area contributed by atoms with Gasteiger partial charge in [-0.2, -0.15) is 0 Å². The van der Waals surface area contributed by atoms with E-state index in [0.717, 1.165) is 70.6 Å². The maximum atomic E-state index is 13.3. The van der Waals surface area contributed by atoms with Crippen molar-refractivity contribution in [3.05, 3.63) is 48.6 Å². The van der Waals surface area contributed by atoms with Crippen molar-refractivity contribution in [1.82, 2.24) is 5.32 Å². The van der Waals surface area contributed by atoms with E-state index in [1.807, 2.05) is 18.2 Å². The highest BCUT2D eigenvalue weighted by Crippen LogP contribution is 2.19. The van der Waals surface area contributed by atoms with E-state index < -0.39 is 18.2 Å². The van der Waals surface area contributed by atoms with E-state index in [-0.39, 0.29) is 24.9 Å². The van der Waals surface area contributed by atoms with Crippen molar-refractivity contribution >= 4 is 11.9 Å². The van der Waals surface area contributed by atoms with Crippen LogP contribution >= 0.6 is 0 Å². The van der Waals surface area contributed by atoms with Gasteiger partial charge in [0.2, 0.25) is 5.91 Å². The third-order valence-corrected chi connectivity index (χ3v) is 13.0. The summed E-state index contributed by atoms with van der Waals surface area (Å²) in [7, 11) is 0. The zero-order valence-corrected chi connectivity index (χ0v) is 43.4. The number of ether oxygens (including phenoxy) is 1. The number of hydrogen-bond acceptors (Lipinski definition) is 5.